The molecular weight excluding hydrogens is 635 g/mol. The minimum Gasteiger partial charge on any atom is -0.454 e. The van der Waals surface area contributed by atoms with Crippen LogP contribution in [0.3, 0.4) is 0 Å². The van der Waals surface area contributed by atoms with Gasteiger partial charge in [0.1, 0.15) is 5.58 Å². The average molecular weight is 666 g/mol. The molecule has 0 aliphatic rings. The Morgan fingerprint density at radius 2 is 0.750 bits per heavy atom. The predicted molar refractivity (Wildman–Crippen MR) is 217 cm³/mol. The lowest BCUT2D eigenvalue weighted by molar-refractivity contribution is 0.669. The van der Waals surface area contributed by atoms with Gasteiger partial charge >= 0.3 is 0 Å². The molecule has 0 saturated heterocycles. The zero-order valence-corrected chi connectivity index (χ0v) is 28.1. The number of para-hydroxylation sites is 6. The molecule has 52 heavy (non-hydrogen) atoms. The summed E-state index contributed by atoms with van der Waals surface area (Å²) in [5.41, 5.74) is 11.7. The van der Waals surface area contributed by atoms with Crippen LogP contribution in [0.25, 0.3) is 76.9 Å². The third-order valence-corrected chi connectivity index (χ3v) is 10.5. The number of anilines is 3. The van der Waals surface area contributed by atoms with Crippen molar-refractivity contribution in [3.63, 3.8) is 0 Å². The lowest BCUT2D eigenvalue weighted by Gasteiger charge is -2.27. The van der Waals surface area contributed by atoms with Crippen LogP contribution < -0.4 is 4.90 Å². The quantitative estimate of drug-likeness (QED) is 0.183. The maximum Gasteiger partial charge on any atom is 0.159 e. The van der Waals surface area contributed by atoms with Crippen LogP contribution in [0.4, 0.5) is 17.1 Å². The zero-order chi connectivity index (χ0) is 34.2. The van der Waals surface area contributed by atoms with E-state index in [1.54, 1.807) is 0 Å². The number of fused-ring (bicyclic) bond motifs is 9. The van der Waals surface area contributed by atoms with Gasteiger partial charge in [0.05, 0.1) is 27.8 Å². The minimum atomic E-state index is 0.855. The molecule has 0 radical (unpaired) electrons. The molecular formula is C48H31N3O. The highest BCUT2D eigenvalue weighted by molar-refractivity contribution is 6.12. The number of rotatable bonds is 5. The number of hydrogen-bond donors (Lipinski definition) is 0. The topological polar surface area (TPSA) is 26.2 Å². The summed E-state index contributed by atoms with van der Waals surface area (Å²) in [7, 11) is 0. The van der Waals surface area contributed by atoms with Crippen molar-refractivity contribution in [1.82, 2.24) is 9.13 Å². The summed E-state index contributed by atoms with van der Waals surface area (Å²) in [6.45, 7) is 0. The van der Waals surface area contributed by atoms with Crippen molar-refractivity contribution in [3.05, 3.63) is 188 Å². The van der Waals surface area contributed by atoms with Gasteiger partial charge in [0.2, 0.25) is 0 Å². The van der Waals surface area contributed by atoms with E-state index in [2.05, 4.69) is 196 Å². The molecule has 3 heterocycles. The molecule has 4 nitrogen and oxygen atoms in total. The van der Waals surface area contributed by atoms with Crippen molar-refractivity contribution in [2.45, 2.75) is 0 Å². The Morgan fingerprint density at radius 3 is 1.25 bits per heavy atom. The van der Waals surface area contributed by atoms with Gasteiger partial charge < -0.3 is 18.5 Å². The number of hydrogen-bond acceptors (Lipinski definition) is 2. The summed E-state index contributed by atoms with van der Waals surface area (Å²) in [5.74, 6) is 0. The molecule has 11 aromatic rings. The molecule has 3 aromatic heterocycles. The fourth-order valence-electron chi connectivity index (χ4n) is 8.28. The summed E-state index contributed by atoms with van der Waals surface area (Å²) >= 11 is 0. The normalized spacial score (nSPS) is 11.8. The first-order chi connectivity index (χ1) is 25.8. The highest BCUT2D eigenvalue weighted by Gasteiger charge is 2.22. The molecule has 0 bridgehead atoms. The monoisotopic (exact) mass is 665 g/mol. The molecule has 11 rings (SSSR count). The van der Waals surface area contributed by atoms with Crippen LogP contribution in [0.15, 0.2) is 192 Å². The molecule has 244 valence electrons. The summed E-state index contributed by atoms with van der Waals surface area (Å²) in [4.78, 5) is 2.35. The third kappa shape index (κ3) is 4.21. The Bertz CT molecular complexity index is 2900. The Labute approximate surface area is 299 Å². The van der Waals surface area contributed by atoms with Gasteiger partial charge in [-0.05, 0) is 72.8 Å². The number of nitrogens with zero attached hydrogens (tertiary/aromatic N) is 3. The lowest BCUT2D eigenvalue weighted by atomic mass is 10.1. The van der Waals surface area contributed by atoms with E-state index < -0.39 is 0 Å². The smallest absolute Gasteiger partial charge is 0.159 e. The SMILES string of the molecule is c1cc(N(c2cccc(-n3c4ccccc4c4ccccc43)c2)c2cccc3c2oc2ccccc23)cc(-n2c3ccccc3c3ccccc32)c1. The standard InChI is InChI=1S/C48H31N3O/c1-6-24-42-36(18-1)37-19-2-7-25-43(37)50(42)34-16-11-14-32(30-34)49(46-28-13-23-41-40-22-5-10-29-47(40)52-48(41)46)33-15-12-17-35(31-33)51-44-26-8-3-20-38(44)39-21-4-9-27-45(39)51/h1-31H. The third-order valence-electron chi connectivity index (χ3n) is 10.5. The number of benzene rings is 8. The molecule has 0 spiro atoms. The van der Waals surface area contributed by atoms with Crippen LogP contribution in [-0.2, 0) is 0 Å². The van der Waals surface area contributed by atoms with Crippen LogP contribution in [0.1, 0.15) is 0 Å². The van der Waals surface area contributed by atoms with Gasteiger partial charge in [-0.1, -0.05) is 115 Å². The predicted octanol–water partition coefficient (Wildman–Crippen LogP) is 13.2. The van der Waals surface area contributed by atoms with Crippen molar-refractivity contribution in [2.75, 3.05) is 4.90 Å². The maximum absolute atomic E-state index is 6.69. The second kappa shape index (κ2) is 11.2. The first-order valence-electron chi connectivity index (χ1n) is 17.7. The first-order valence-corrected chi connectivity index (χ1v) is 17.7. The van der Waals surface area contributed by atoms with Gasteiger partial charge in [-0.3, -0.25) is 0 Å². The fraction of sp³-hybridized carbons (Fsp3) is 0. The molecule has 0 aliphatic carbocycles. The summed E-state index contributed by atoms with van der Waals surface area (Å²) in [6.07, 6.45) is 0. The highest BCUT2D eigenvalue weighted by Crippen LogP contribution is 2.44. The van der Waals surface area contributed by atoms with E-state index in [9.17, 15) is 0 Å². The average Bonchev–Trinajstić information content (AvgIpc) is 3.87. The van der Waals surface area contributed by atoms with E-state index in [1.807, 2.05) is 6.07 Å². The highest BCUT2D eigenvalue weighted by atomic mass is 16.3. The van der Waals surface area contributed by atoms with Crippen LogP contribution in [-0.4, -0.2) is 9.13 Å². The van der Waals surface area contributed by atoms with Gasteiger partial charge in [0.15, 0.2) is 5.58 Å². The van der Waals surface area contributed by atoms with Crippen LogP contribution in [0.5, 0.6) is 0 Å². The molecule has 0 aliphatic heterocycles. The van der Waals surface area contributed by atoms with E-state index in [4.69, 9.17) is 4.42 Å². The van der Waals surface area contributed by atoms with E-state index >= 15 is 0 Å². The molecule has 0 atom stereocenters. The van der Waals surface area contributed by atoms with Crippen molar-refractivity contribution in [2.24, 2.45) is 0 Å². The molecule has 8 aromatic carbocycles. The Hall–Kier alpha value is -7.04. The molecule has 0 unspecified atom stereocenters. The van der Waals surface area contributed by atoms with Crippen LogP contribution in [0.2, 0.25) is 0 Å². The van der Waals surface area contributed by atoms with Gasteiger partial charge in [-0.2, -0.15) is 0 Å². The molecule has 0 saturated carbocycles. The van der Waals surface area contributed by atoms with Crippen molar-refractivity contribution in [3.8, 4) is 11.4 Å². The van der Waals surface area contributed by atoms with E-state index in [1.165, 1.54) is 43.6 Å². The van der Waals surface area contributed by atoms with Gasteiger partial charge in [-0.15, -0.1) is 0 Å². The molecule has 4 heteroatoms. The van der Waals surface area contributed by atoms with Crippen LogP contribution in [0, 0.1) is 0 Å². The zero-order valence-electron chi connectivity index (χ0n) is 28.1. The van der Waals surface area contributed by atoms with Crippen LogP contribution >= 0.6 is 0 Å². The Kier molecular flexibility index (Phi) is 6.22. The second-order valence-electron chi connectivity index (χ2n) is 13.4. The fourth-order valence-corrected chi connectivity index (χ4v) is 8.28. The van der Waals surface area contributed by atoms with E-state index in [0.29, 0.717) is 0 Å². The summed E-state index contributed by atoms with van der Waals surface area (Å²) in [6, 6.07) is 67.2. The van der Waals surface area contributed by atoms with E-state index in [-0.39, 0.29) is 0 Å². The van der Waals surface area contributed by atoms with Crippen molar-refractivity contribution in [1.29, 1.82) is 0 Å². The number of furan rings is 1. The van der Waals surface area contributed by atoms with Gasteiger partial charge in [0, 0.05) is 55.1 Å². The Morgan fingerprint density at radius 1 is 0.346 bits per heavy atom. The minimum absolute atomic E-state index is 0.855. The van der Waals surface area contributed by atoms with Crippen molar-refractivity contribution < 1.29 is 4.42 Å². The molecule has 0 N–H and O–H groups in total. The maximum atomic E-state index is 6.69. The van der Waals surface area contributed by atoms with E-state index in [0.717, 1.165) is 50.4 Å². The van der Waals surface area contributed by atoms with Crippen molar-refractivity contribution >= 4 is 82.6 Å². The Balaban J connectivity index is 1.18. The molecule has 0 fully saturated rings. The summed E-state index contributed by atoms with van der Waals surface area (Å²) < 4.78 is 11.4. The first kappa shape index (κ1) is 28.8. The second-order valence-corrected chi connectivity index (χ2v) is 13.4. The lowest BCUT2D eigenvalue weighted by Crippen LogP contribution is -2.11. The van der Waals surface area contributed by atoms with Gasteiger partial charge in [-0.25, -0.2) is 0 Å². The van der Waals surface area contributed by atoms with Gasteiger partial charge in [0.25, 0.3) is 0 Å². The largest absolute Gasteiger partial charge is 0.454 e. The number of aromatic nitrogens is 2. The summed E-state index contributed by atoms with van der Waals surface area (Å²) in [5, 5.41) is 7.17. The molecule has 0 amide bonds.